The number of nitrogens with zero attached hydrogens (tertiary/aromatic N) is 4. The van der Waals surface area contributed by atoms with Gasteiger partial charge in [-0.15, -0.1) is 10.2 Å². The van der Waals surface area contributed by atoms with Gasteiger partial charge in [-0.05, 0) is 50.8 Å². The SMILES string of the molecule is CC1(C)OCCN(C2CCN(c3nnc(N)[nH]3)CC2)[C@H]1Cc1ccc(Cl)cc1. The van der Waals surface area contributed by atoms with Crippen molar-refractivity contribution in [1.82, 2.24) is 20.1 Å². The molecule has 0 unspecified atom stereocenters. The average Bonchev–Trinajstić information content (AvgIpc) is 3.11. The topological polar surface area (TPSA) is 83.3 Å². The second-order valence-electron chi connectivity index (χ2n) is 8.29. The molecule has 1 atom stereocenters. The van der Waals surface area contributed by atoms with Crippen LogP contribution in [0.4, 0.5) is 11.9 Å². The quantitative estimate of drug-likeness (QED) is 0.815. The van der Waals surface area contributed by atoms with Crippen molar-refractivity contribution in [3.63, 3.8) is 0 Å². The summed E-state index contributed by atoms with van der Waals surface area (Å²) in [6.45, 7) is 8.08. The van der Waals surface area contributed by atoms with Crippen molar-refractivity contribution >= 4 is 23.5 Å². The lowest BCUT2D eigenvalue weighted by molar-refractivity contribution is -0.140. The van der Waals surface area contributed by atoms with Crippen molar-refractivity contribution in [2.24, 2.45) is 0 Å². The number of nitrogen functional groups attached to an aromatic ring is 1. The molecule has 28 heavy (non-hydrogen) atoms. The van der Waals surface area contributed by atoms with E-state index in [0.717, 1.165) is 56.5 Å². The zero-order valence-electron chi connectivity index (χ0n) is 16.6. The summed E-state index contributed by atoms with van der Waals surface area (Å²) in [6, 6.07) is 9.07. The summed E-state index contributed by atoms with van der Waals surface area (Å²) in [5, 5.41) is 8.79. The van der Waals surface area contributed by atoms with Crippen LogP contribution in [-0.2, 0) is 11.2 Å². The number of nitrogens with one attached hydrogen (secondary N) is 1. The van der Waals surface area contributed by atoms with E-state index in [2.05, 4.69) is 51.0 Å². The molecule has 2 saturated heterocycles. The zero-order valence-corrected chi connectivity index (χ0v) is 17.3. The van der Waals surface area contributed by atoms with Crippen LogP contribution in [0, 0.1) is 0 Å². The average molecular weight is 405 g/mol. The van der Waals surface area contributed by atoms with Crippen LogP contribution in [0.1, 0.15) is 32.3 Å². The third-order valence-corrected chi connectivity index (χ3v) is 6.35. The number of H-pyrrole nitrogens is 1. The van der Waals surface area contributed by atoms with Crippen LogP contribution >= 0.6 is 11.6 Å². The summed E-state index contributed by atoms with van der Waals surface area (Å²) in [5.74, 6) is 1.14. The number of benzene rings is 1. The van der Waals surface area contributed by atoms with E-state index in [1.54, 1.807) is 0 Å². The summed E-state index contributed by atoms with van der Waals surface area (Å²) in [7, 11) is 0. The van der Waals surface area contributed by atoms with Gasteiger partial charge in [0.2, 0.25) is 11.9 Å². The number of aromatic nitrogens is 3. The number of piperidine rings is 1. The molecule has 1 aromatic carbocycles. The molecule has 3 N–H and O–H groups in total. The minimum Gasteiger partial charge on any atom is -0.373 e. The maximum atomic E-state index is 6.17. The minimum atomic E-state index is -0.186. The molecule has 0 radical (unpaired) electrons. The fraction of sp³-hybridized carbons (Fsp3) is 0.600. The van der Waals surface area contributed by atoms with E-state index < -0.39 is 0 Å². The first-order valence-corrected chi connectivity index (χ1v) is 10.4. The fourth-order valence-electron chi connectivity index (χ4n) is 4.53. The molecule has 0 spiro atoms. The Morgan fingerprint density at radius 2 is 1.89 bits per heavy atom. The number of rotatable bonds is 4. The fourth-order valence-corrected chi connectivity index (χ4v) is 4.65. The van der Waals surface area contributed by atoms with Gasteiger partial charge in [-0.1, -0.05) is 23.7 Å². The van der Waals surface area contributed by atoms with Gasteiger partial charge in [0.1, 0.15) is 0 Å². The number of hydrogen-bond acceptors (Lipinski definition) is 6. The van der Waals surface area contributed by atoms with Crippen molar-refractivity contribution in [3.8, 4) is 0 Å². The molecule has 0 amide bonds. The van der Waals surface area contributed by atoms with Crippen LogP contribution in [0.5, 0.6) is 0 Å². The molecule has 0 aliphatic carbocycles. The molecule has 0 bridgehead atoms. The second kappa shape index (κ2) is 7.89. The Morgan fingerprint density at radius 1 is 1.18 bits per heavy atom. The minimum absolute atomic E-state index is 0.186. The van der Waals surface area contributed by atoms with Crippen LogP contribution in [-0.4, -0.2) is 64.0 Å². The van der Waals surface area contributed by atoms with Crippen LogP contribution < -0.4 is 10.6 Å². The van der Waals surface area contributed by atoms with Gasteiger partial charge >= 0.3 is 0 Å². The molecule has 0 saturated carbocycles. The maximum Gasteiger partial charge on any atom is 0.226 e. The predicted octanol–water partition coefficient (Wildman–Crippen LogP) is 2.73. The van der Waals surface area contributed by atoms with Crippen LogP contribution in [0.15, 0.2) is 24.3 Å². The number of aromatic amines is 1. The molecule has 3 heterocycles. The van der Waals surface area contributed by atoms with Gasteiger partial charge < -0.3 is 15.4 Å². The number of morpholine rings is 1. The molecular formula is C20H29ClN6O. The van der Waals surface area contributed by atoms with E-state index in [9.17, 15) is 0 Å². The van der Waals surface area contributed by atoms with E-state index in [-0.39, 0.29) is 5.60 Å². The molecule has 7 nitrogen and oxygen atoms in total. The Labute approximate surface area is 171 Å². The molecule has 2 aliphatic heterocycles. The Kier molecular flexibility index (Phi) is 5.49. The van der Waals surface area contributed by atoms with Crippen molar-refractivity contribution < 1.29 is 4.74 Å². The van der Waals surface area contributed by atoms with Crippen LogP contribution in [0.3, 0.4) is 0 Å². The summed E-state index contributed by atoms with van der Waals surface area (Å²) in [6.07, 6.45) is 3.14. The number of halogens is 1. The summed E-state index contributed by atoms with van der Waals surface area (Å²) < 4.78 is 6.17. The van der Waals surface area contributed by atoms with Gasteiger partial charge in [0.25, 0.3) is 0 Å². The van der Waals surface area contributed by atoms with E-state index in [1.807, 2.05) is 12.1 Å². The zero-order chi connectivity index (χ0) is 19.7. The van der Waals surface area contributed by atoms with E-state index in [4.69, 9.17) is 22.1 Å². The van der Waals surface area contributed by atoms with E-state index >= 15 is 0 Å². The van der Waals surface area contributed by atoms with E-state index in [1.165, 1.54) is 5.56 Å². The number of anilines is 2. The first kappa shape index (κ1) is 19.5. The van der Waals surface area contributed by atoms with Crippen molar-refractivity contribution in [3.05, 3.63) is 34.9 Å². The Hall–Kier alpha value is -1.83. The Balaban J connectivity index is 1.46. The highest BCUT2D eigenvalue weighted by Crippen LogP contribution is 2.32. The van der Waals surface area contributed by atoms with Crippen molar-refractivity contribution in [1.29, 1.82) is 0 Å². The van der Waals surface area contributed by atoms with Gasteiger partial charge in [0.05, 0.1) is 12.2 Å². The highest BCUT2D eigenvalue weighted by Gasteiger charge is 2.42. The monoisotopic (exact) mass is 404 g/mol. The van der Waals surface area contributed by atoms with Gasteiger partial charge in [-0.3, -0.25) is 9.88 Å². The van der Waals surface area contributed by atoms with E-state index in [0.29, 0.717) is 18.0 Å². The van der Waals surface area contributed by atoms with Gasteiger partial charge in [-0.25, -0.2) is 0 Å². The third-order valence-electron chi connectivity index (χ3n) is 6.09. The largest absolute Gasteiger partial charge is 0.373 e. The Bertz CT molecular complexity index is 784. The van der Waals surface area contributed by atoms with Crippen molar-refractivity contribution in [2.45, 2.75) is 50.8 Å². The summed E-state index contributed by atoms with van der Waals surface area (Å²) >= 11 is 6.07. The highest BCUT2D eigenvalue weighted by atomic mass is 35.5. The summed E-state index contributed by atoms with van der Waals surface area (Å²) in [5.41, 5.74) is 6.79. The number of ether oxygens (including phenoxy) is 1. The highest BCUT2D eigenvalue weighted by molar-refractivity contribution is 6.30. The smallest absolute Gasteiger partial charge is 0.226 e. The van der Waals surface area contributed by atoms with Crippen LogP contribution in [0.2, 0.25) is 5.02 Å². The number of hydrogen-bond donors (Lipinski definition) is 2. The van der Waals surface area contributed by atoms with Gasteiger partial charge in [-0.2, -0.15) is 0 Å². The molecule has 2 aromatic rings. The van der Waals surface area contributed by atoms with Gasteiger partial charge in [0, 0.05) is 36.7 Å². The van der Waals surface area contributed by atoms with Crippen LogP contribution in [0.25, 0.3) is 0 Å². The third kappa shape index (κ3) is 4.11. The number of nitrogens with two attached hydrogens (primary N) is 1. The first-order chi connectivity index (χ1) is 13.4. The molecule has 2 fully saturated rings. The predicted molar refractivity (Wildman–Crippen MR) is 112 cm³/mol. The van der Waals surface area contributed by atoms with Gasteiger partial charge in [0.15, 0.2) is 0 Å². The normalized spacial score (nSPS) is 23.8. The van der Waals surface area contributed by atoms with Crippen molar-refractivity contribution in [2.75, 3.05) is 36.9 Å². The standard InChI is InChI=1S/C20H29ClN6O/c1-20(2)17(13-14-3-5-15(21)6-4-14)27(11-12-28-20)16-7-9-26(10-8-16)19-23-18(22)24-25-19/h3-6,16-17H,7-13H2,1-2H3,(H3,22,23,24,25)/t17-/m0/s1. The molecular weight excluding hydrogens is 376 g/mol. The lowest BCUT2D eigenvalue weighted by Crippen LogP contribution is -2.62. The first-order valence-electron chi connectivity index (χ1n) is 9.99. The molecule has 4 rings (SSSR count). The molecule has 8 heteroatoms. The second-order valence-corrected chi connectivity index (χ2v) is 8.72. The maximum absolute atomic E-state index is 6.17. The lowest BCUT2D eigenvalue weighted by atomic mass is 9.87. The lowest BCUT2D eigenvalue weighted by Gasteiger charge is -2.51. The molecule has 1 aromatic heterocycles. The Morgan fingerprint density at radius 3 is 2.54 bits per heavy atom. The molecule has 2 aliphatic rings. The summed E-state index contributed by atoms with van der Waals surface area (Å²) in [4.78, 5) is 7.94. The molecule has 152 valence electrons.